The smallest absolute Gasteiger partial charge is 0.0701 e. The van der Waals surface area contributed by atoms with Gasteiger partial charge in [-0.15, -0.1) is 0 Å². The van der Waals surface area contributed by atoms with E-state index in [9.17, 15) is 0 Å². The zero-order valence-corrected chi connectivity index (χ0v) is 11.9. The van der Waals surface area contributed by atoms with E-state index in [0.717, 1.165) is 22.5 Å². The number of hydrogen-bond donors (Lipinski definition) is 0. The lowest BCUT2D eigenvalue weighted by Gasteiger charge is -2.00. The van der Waals surface area contributed by atoms with Gasteiger partial charge in [-0.3, -0.25) is 9.98 Å². The van der Waals surface area contributed by atoms with Gasteiger partial charge in [-0.25, -0.2) is 0 Å². The molecular formula is C19H16N2. The monoisotopic (exact) mass is 272 g/mol. The van der Waals surface area contributed by atoms with Crippen LogP contribution in [-0.4, -0.2) is 11.2 Å². The van der Waals surface area contributed by atoms with Crippen LogP contribution in [0.4, 0.5) is 5.69 Å². The van der Waals surface area contributed by atoms with Gasteiger partial charge in [0.1, 0.15) is 0 Å². The molecule has 3 aromatic rings. The molecule has 0 aliphatic carbocycles. The van der Waals surface area contributed by atoms with Crippen molar-refractivity contribution in [2.45, 2.75) is 6.92 Å². The van der Waals surface area contributed by atoms with E-state index in [-0.39, 0.29) is 0 Å². The minimum atomic E-state index is 0.967. The van der Waals surface area contributed by atoms with E-state index in [1.807, 2.05) is 42.7 Å². The van der Waals surface area contributed by atoms with Crippen LogP contribution in [0.2, 0.25) is 0 Å². The summed E-state index contributed by atoms with van der Waals surface area (Å²) in [6, 6.07) is 22.4. The van der Waals surface area contributed by atoms with Gasteiger partial charge in [-0.05, 0) is 36.8 Å². The van der Waals surface area contributed by atoms with Crippen LogP contribution in [0.5, 0.6) is 0 Å². The molecule has 0 saturated carbocycles. The first kappa shape index (κ1) is 13.3. The van der Waals surface area contributed by atoms with Crippen molar-refractivity contribution in [3.05, 3.63) is 84.1 Å². The zero-order chi connectivity index (χ0) is 14.5. The lowest BCUT2D eigenvalue weighted by atomic mass is 10.1. The summed E-state index contributed by atoms with van der Waals surface area (Å²) < 4.78 is 0. The third-order valence-corrected chi connectivity index (χ3v) is 3.27. The number of pyridine rings is 1. The molecular weight excluding hydrogens is 256 g/mol. The summed E-state index contributed by atoms with van der Waals surface area (Å²) in [5.74, 6) is 0. The lowest BCUT2D eigenvalue weighted by Crippen LogP contribution is -1.84. The Morgan fingerprint density at radius 3 is 2.29 bits per heavy atom. The summed E-state index contributed by atoms with van der Waals surface area (Å²) in [5, 5.41) is 0. The van der Waals surface area contributed by atoms with E-state index in [4.69, 9.17) is 0 Å². The molecule has 0 aliphatic rings. The normalized spacial score (nSPS) is 10.9. The van der Waals surface area contributed by atoms with Crippen molar-refractivity contribution in [3.63, 3.8) is 0 Å². The molecule has 102 valence electrons. The summed E-state index contributed by atoms with van der Waals surface area (Å²) in [7, 11) is 0. The predicted octanol–water partition coefficient (Wildman–Crippen LogP) is 4.81. The Morgan fingerprint density at radius 2 is 1.62 bits per heavy atom. The van der Waals surface area contributed by atoms with E-state index in [0.29, 0.717) is 0 Å². The van der Waals surface area contributed by atoms with Gasteiger partial charge in [0, 0.05) is 18.0 Å². The summed E-state index contributed by atoms with van der Waals surface area (Å²) in [4.78, 5) is 8.83. The molecule has 2 heteroatoms. The van der Waals surface area contributed by atoms with Crippen molar-refractivity contribution in [2.24, 2.45) is 4.99 Å². The largest absolute Gasteiger partial charge is 0.256 e. The van der Waals surface area contributed by atoms with Gasteiger partial charge in [-0.2, -0.15) is 0 Å². The Bertz CT molecular complexity index is 727. The molecule has 0 N–H and O–H groups in total. The van der Waals surface area contributed by atoms with E-state index < -0.39 is 0 Å². The average molecular weight is 272 g/mol. The van der Waals surface area contributed by atoms with Crippen LogP contribution in [0, 0.1) is 6.92 Å². The number of benzene rings is 2. The zero-order valence-electron chi connectivity index (χ0n) is 11.9. The van der Waals surface area contributed by atoms with Gasteiger partial charge in [0.15, 0.2) is 0 Å². The first-order chi connectivity index (χ1) is 10.3. The highest BCUT2D eigenvalue weighted by molar-refractivity contribution is 5.82. The maximum atomic E-state index is 4.48. The van der Waals surface area contributed by atoms with Crippen LogP contribution in [0.1, 0.15) is 11.1 Å². The second-order valence-corrected chi connectivity index (χ2v) is 4.93. The molecule has 0 unspecified atom stereocenters. The number of aromatic nitrogens is 1. The Balaban J connectivity index is 1.77. The molecule has 0 atom stereocenters. The topological polar surface area (TPSA) is 25.2 Å². The van der Waals surface area contributed by atoms with Crippen molar-refractivity contribution >= 4 is 11.9 Å². The summed E-state index contributed by atoms with van der Waals surface area (Å²) in [5.41, 5.74) is 5.39. The second kappa shape index (κ2) is 6.14. The third-order valence-electron chi connectivity index (χ3n) is 3.27. The fourth-order valence-electron chi connectivity index (χ4n) is 2.05. The molecule has 2 aromatic carbocycles. The first-order valence-electron chi connectivity index (χ1n) is 6.93. The number of rotatable bonds is 3. The molecule has 0 fully saturated rings. The molecule has 0 saturated heterocycles. The van der Waals surface area contributed by atoms with Gasteiger partial charge in [0.25, 0.3) is 0 Å². The quantitative estimate of drug-likeness (QED) is 0.628. The average Bonchev–Trinajstić information content (AvgIpc) is 2.56. The van der Waals surface area contributed by atoms with Gasteiger partial charge >= 0.3 is 0 Å². The minimum Gasteiger partial charge on any atom is -0.256 e. The van der Waals surface area contributed by atoms with Crippen molar-refractivity contribution < 1.29 is 0 Å². The maximum absolute atomic E-state index is 4.48. The SMILES string of the molecule is Cc1ccc(N=Cc2ccc(-c3ccccn3)cc2)cc1. The minimum absolute atomic E-state index is 0.967. The third kappa shape index (κ3) is 3.42. The van der Waals surface area contributed by atoms with Crippen LogP contribution in [0.25, 0.3) is 11.3 Å². The van der Waals surface area contributed by atoms with E-state index in [2.05, 4.69) is 53.3 Å². The maximum Gasteiger partial charge on any atom is 0.0701 e. The van der Waals surface area contributed by atoms with Crippen LogP contribution in [-0.2, 0) is 0 Å². The molecule has 0 spiro atoms. The molecule has 0 aliphatic heterocycles. The first-order valence-corrected chi connectivity index (χ1v) is 6.93. The lowest BCUT2D eigenvalue weighted by molar-refractivity contribution is 1.33. The predicted molar refractivity (Wildman–Crippen MR) is 88.1 cm³/mol. The highest BCUT2D eigenvalue weighted by Crippen LogP contribution is 2.17. The van der Waals surface area contributed by atoms with Gasteiger partial charge < -0.3 is 0 Å². The van der Waals surface area contributed by atoms with E-state index in [1.165, 1.54) is 5.56 Å². The van der Waals surface area contributed by atoms with E-state index >= 15 is 0 Å². The van der Waals surface area contributed by atoms with Crippen LogP contribution < -0.4 is 0 Å². The van der Waals surface area contributed by atoms with Crippen molar-refractivity contribution in [3.8, 4) is 11.3 Å². The number of aryl methyl sites for hydroxylation is 1. The highest BCUT2D eigenvalue weighted by atomic mass is 14.7. The van der Waals surface area contributed by atoms with Crippen LogP contribution >= 0.6 is 0 Å². The van der Waals surface area contributed by atoms with Crippen molar-refractivity contribution in [2.75, 3.05) is 0 Å². The molecule has 0 radical (unpaired) electrons. The van der Waals surface area contributed by atoms with Gasteiger partial charge in [0.2, 0.25) is 0 Å². The molecule has 3 rings (SSSR count). The number of nitrogens with zero attached hydrogens (tertiary/aromatic N) is 2. The molecule has 1 aromatic heterocycles. The van der Waals surface area contributed by atoms with Crippen LogP contribution in [0.15, 0.2) is 77.9 Å². The molecule has 0 bridgehead atoms. The summed E-state index contributed by atoms with van der Waals surface area (Å²) in [6.45, 7) is 2.07. The fourth-order valence-corrected chi connectivity index (χ4v) is 2.05. The number of hydrogen-bond acceptors (Lipinski definition) is 2. The van der Waals surface area contributed by atoms with E-state index in [1.54, 1.807) is 0 Å². The van der Waals surface area contributed by atoms with Gasteiger partial charge in [-0.1, -0.05) is 48.0 Å². The van der Waals surface area contributed by atoms with Crippen LogP contribution in [0.3, 0.4) is 0 Å². The molecule has 1 heterocycles. The Morgan fingerprint density at radius 1 is 0.857 bits per heavy atom. The second-order valence-electron chi connectivity index (χ2n) is 4.93. The number of aliphatic imine (C=N–C) groups is 1. The Hall–Kier alpha value is -2.74. The van der Waals surface area contributed by atoms with Gasteiger partial charge in [0.05, 0.1) is 11.4 Å². The fraction of sp³-hybridized carbons (Fsp3) is 0.0526. The summed E-state index contributed by atoms with van der Waals surface area (Å²) >= 11 is 0. The standard InChI is InChI=1S/C19H16N2/c1-15-5-11-18(12-6-15)21-14-16-7-9-17(10-8-16)19-4-2-3-13-20-19/h2-14H,1H3. The molecule has 21 heavy (non-hydrogen) atoms. The molecule has 0 amide bonds. The highest BCUT2D eigenvalue weighted by Gasteiger charge is 1.97. The Kier molecular flexibility index (Phi) is 3.88. The Labute approximate surface area is 124 Å². The van der Waals surface area contributed by atoms with Crippen molar-refractivity contribution in [1.29, 1.82) is 0 Å². The van der Waals surface area contributed by atoms with Crippen molar-refractivity contribution in [1.82, 2.24) is 4.98 Å². The molecule has 2 nitrogen and oxygen atoms in total. The summed E-state index contributed by atoms with van der Waals surface area (Å²) in [6.07, 6.45) is 3.69.